The van der Waals surface area contributed by atoms with Crippen molar-refractivity contribution >= 4 is 17.6 Å². The number of hydrogen-bond acceptors (Lipinski definition) is 4. The van der Waals surface area contributed by atoms with Gasteiger partial charge in [0.25, 0.3) is 0 Å². The van der Waals surface area contributed by atoms with Crippen LogP contribution in [0.4, 0.5) is 5.69 Å². The van der Waals surface area contributed by atoms with Gasteiger partial charge >= 0.3 is 5.97 Å². The van der Waals surface area contributed by atoms with Crippen LogP contribution in [0.15, 0.2) is 18.2 Å². The van der Waals surface area contributed by atoms with Gasteiger partial charge in [-0.25, -0.2) is 0 Å². The normalized spacial score (nSPS) is 10.3. The molecule has 1 amide bonds. The molecule has 116 valence electrons. The Labute approximate surface area is 125 Å². The maximum atomic E-state index is 11.8. The largest absolute Gasteiger partial charge is 0.491 e. The van der Waals surface area contributed by atoms with Crippen LogP contribution < -0.4 is 10.1 Å². The Morgan fingerprint density at radius 1 is 1.24 bits per heavy atom. The van der Waals surface area contributed by atoms with Crippen molar-refractivity contribution in [2.75, 3.05) is 11.9 Å². The predicted molar refractivity (Wildman–Crippen MR) is 81.4 cm³/mol. The Morgan fingerprint density at radius 2 is 1.95 bits per heavy atom. The average molecular weight is 293 g/mol. The first kappa shape index (κ1) is 17.0. The van der Waals surface area contributed by atoms with Crippen LogP contribution in [0, 0.1) is 6.92 Å². The molecule has 5 heteroatoms. The molecule has 0 aromatic heterocycles. The van der Waals surface area contributed by atoms with Crippen molar-refractivity contribution in [2.24, 2.45) is 0 Å². The van der Waals surface area contributed by atoms with Gasteiger partial charge in [0.1, 0.15) is 5.75 Å². The van der Waals surface area contributed by atoms with Gasteiger partial charge in [0.15, 0.2) is 0 Å². The Hall–Kier alpha value is -2.04. The molecule has 5 nitrogen and oxygen atoms in total. The molecule has 0 aliphatic heterocycles. The molecular weight excluding hydrogens is 270 g/mol. The van der Waals surface area contributed by atoms with Crippen molar-refractivity contribution in [3.63, 3.8) is 0 Å². The summed E-state index contributed by atoms with van der Waals surface area (Å²) in [7, 11) is 0. The van der Waals surface area contributed by atoms with Crippen LogP contribution in [0.25, 0.3) is 0 Å². The molecule has 0 aliphatic carbocycles. The van der Waals surface area contributed by atoms with E-state index in [9.17, 15) is 9.59 Å². The first-order valence-corrected chi connectivity index (χ1v) is 7.15. The highest BCUT2D eigenvalue weighted by Crippen LogP contribution is 2.22. The van der Waals surface area contributed by atoms with E-state index in [0.717, 1.165) is 17.0 Å². The molecule has 1 N–H and O–H groups in total. The third-order valence-electron chi connectivity index (χ3n) is 2.71. The quantitative estimate of drug-likeness (QED) is 0.785. The van der Waals surface area contributed by atoms with E-state index < -0.39 is 0 Å². The van der Waals surface area contributed by atoms with Gasteiger partial charge in [0.2, 0.25) is 5.91 Å². The summed E-state index contributed by atoms with van der Waals surface area (Å²) < 4.78 is 10.4. The van der Waals surface area contributed by atoms with E-state index in [-0.39, 0.29) is 30.8 Å². The number of carbonyl (C=O) groups is 2. The number of nitrogens with one attached hydrogen (secondary N) is 1. The number of esters is 1. The molecule has 0 aliphatic rings. The van der Waals surface area contributed by atoms with Gasteiger partial charge in [-0.1, -0.05) is 0 Å². The fourth-order valence-electron chi connectivity index (χ4n) is 1.78. The lowest BCUT2D eigenvalue weighted by atomic mass is 10.2. The number of hydrogen-bond donors (Lipinski definition) is 1. The van der Waals surface area contributed by atoms with Gasteiger partial charge in [-0.2, -0.15) is 0 Å². The molecule has 0 fully saturated rings. The lowest BCUT2D eigenvalue weighted by Crippen LogP contribution is -2.15. The van der Waals surface area contributed by atoms with Crippen molar-refractivity contribution in [2.45, 2.75) is 46.6 Å². The molecule has 0 spiro atoms. The molecule has 0 bridgehead atoms. The van der Waals surface area contributed by atoms with Crippen molar-refractivity contribution in [1.29, 1.82) is 0 Å². The second kappa shape index (κ2) is 8.29. The van der Waals surface area contributed by atoms with E-state index in [0.29, 0.717) is 6.61 Å². The molecule has 1 aromatic carbocycles. The minimum atomic E-state index is -0.356. The zero-order valence-electron chi connectivity index (χ0n) is 13.1. The smallest absolute Gasteiger partial charge is 0.306 e. The van der Waals surface area contributed by atoms with Crippen LogP contribution in [-0.2, 0) is 14.3 Å². The Balaban J connectivity index is 2.54. The number of benzene rings is 1. The Morgan fingerprint density at radius 3 is 2.52 bits per heavy atom. The number of carbonyl (C=O) groups excluding carboxylic acids is 2. The van der Waals surface area contributed by atoms with E-state index in [1.54, 1.807) is 13.0 Å². The topological polar surface area (TPSA) is 64.6 Å². The lowest BCUT2D eigenvalue weighted by Gasteiger charge is -2.13. The molecule has 0 saturated heterocycles. The minimum Gasteiger partial charge on any atom is -0.491 e. The van der Waals surface area contributed by atoms with Crippen LogP contribution in [0.1, 0.15) is 39.2 Å². The van der Waals surface area contributed by atoms with Gasteiger partial charge in [0.05, 0.1) is 19.1 Å². The van der Waals surface area contributed by atoms with E-state index in [4.69, 9.17) is 9.47 Å². The standard InChI is InChI=1S/C16H23NO4/c1-5-20-16(19)9-8-15(18)17-14-7-6-13(10-12(14)4)21-11(2)3/h6-7,10-11H,5,8-9H2,1-4H3,(H,17,18). The molecule has 0 saturated carbocycles. The van der Waals surface area contributed by atoms with Crippen LogP contribution >= 0.6 is 0 Å². The van der Waals surface area contributed by atoms with E-state index in [2.05, 4.69) is 5.32 Å². The van der Waals surface area contributed by atoms with E-state index >= 15 is 0 Å². The van der Waals surface area contributed by atoms with Crippen molar-refractivity contribution in [3.05, 3.63) is 23.8 Å². The van der Waals surface area contributed by atoms with Crippen molar-refractivity contribution < 1.29 is 19.1 Å². The second-order valence-electron chi connectivity index (χ2n) is 5.00. The summed E-state index contributed by atoms with van der Waals surface area (Å²) in [5, 5.41) is 2.79. The summed E-state index contributed by atoms with van der Waals surface area (Å²) in [6.07, 6.45) is 0.310. The summed E-state index contributed by atoms with van der Waals surface area (Å²) in [5.41, 5.74) is 1.64. The summed E-state index contributed by atoms with van der Waals surface area (Å²) in [5.74, 6) is 0.209. The Kier molecular flexibility index (Phi) is 6.72. The van der Waals surface area contributed by atoms with Crippen LogP contribution in [-0.4, -0.2) is 24.6 Å². The van der Waals surface area contributed by atoms with E-state index in [1.165, 1.54) is 0 Å². The molecular formula is C16H23NO4. The first-order valence-electron chi connectivity index (χ1n) is 7.15. The monoisotopic (exact) mass is 293 g/mol. The zero-order valence-corrected chi connectivity index (χ0v) is 13.1. The molecule has 21 heavy (non-hydrogen) atoms. The second-order valence-corrected chi connectivity index (χ2v) is 5.00. The predicted octanol–water partition coefficient (Wildman–Crippen LogP) is 3.06. The van der Waals surface area contributed by atoms with Crippen LogP contribution in [0.5, 0.6) is 5.75 Å². The highest BCUT2D eigenvalue weighted by atomic mass is 16.5. The summed E-state index contributed by atoms with van der Waals surface area (Å²) in [6.45, 7) is 7.88. The van der Waals surface area contributed by atoms with Gasteiger partial charge in [-0.3, -0.25) is 9.59 Å². The maximum absolute atomic E-state index is 11.8. The molecule has 0 atom stereocenters. The van der Waals surface area contributed by atoms with Crippen LogP contribution in [0.2, 0.25) is 0 Å². The summed E-state index contributed by atoms with van der Waals surface area (Å²) >= 11 is 0. The summed E-state index contributed by atoms with van der Waals surface area (Å²) in [4.78, 5) is 23.0. The minimum absolute atomic E-state index is 0.0905. The lowest BCUT2D eigenvalue weighted by molar-refractivity contribution is -0.144. The number of rotatable bonds is 7. The average Bonchev–Trinajstić information content (AvgIpc) is 2.39. The fourth-order valence-corrected chi connectivity index (χ4v) is 1.78. The number of ether oxygens (including phenoxy) is 2. The highest BCUT2D eigenvalue weighted by Gasteiger charge is 2.09. The first-order chi connectivity index (χ1) is 9.92. The van der Waals surface area contributed by atoms with Gasteiger partial charge in [-0.05, 0) is 51.5 Å². The summed E-state index contributed by atoms with van der Waals surface area (Å²) in [6, 6.07) is 5.49. The Bertz CT molecular complexity index is 497. The molecule has 1 rings (SSSR count). The molecule has 1 aromatic rings. The fraction of sp³-hybridized carbons (Fsp3) is 0.500. The zero-order chi connectivity index (χ0) is 15.8. The van der Waals surface area contributed by atoms with Crippen LogP contribution in [0.3, 0.4) is 0 Å². The van der Waals surface area contributed by atoms with E-state index in [1.807, 2.05) is 32.9 Å². The third kappa shape index (κ3) is 6.29. The van der Waals surface area contributed by atoms with Crippen molar-refractivity contribution in [1.82, 2.24) is 0 Å². The maximum Gasteiger partial charge on any atom is 0.306 e. The SMILES string of the molecule is CCOC(=O)CCC(=O)Nc1ccc(OC(C)C)cc1C. The highest BCUT2D eigenvalue weighted by molar-refractivity contribution is 5.93. The molecule has 0 heterocycles. The number of aryl methyl sites for hydroxylation is 1. The van der Waals surface area contributed by atoms with Gasteiger partial charge < -0.3 is 14.8 Å². The number of amides is 1. The van der Waals surface area contributed by atoms with Gasteiger partial charge in [-0.15, -0.1) is 0 Å². The van der Waals surface area contributed by atoms with Crippen molar-refractivity contribution in [3.8, 4) is 5.75 Å². The molecule has 0 unspecified atom stereocenters. The third-order valence-corrected chi connectivity index (χ3v) is 2.71. The number of anilines is 1. The van der Waals surface area contributed by atoms with Gasteiger partial charge in [0, 0.05) is 12.1 Å². The molecule has 0 radical (unpaired) electrons.